The molecule has 0 aliphatic rings. The van der Waals surface area contributed by atoms with E-state index in [0.717, 1.165) is 35.5 Å². The first-order valence-electron chi connectivity index (χ1n) is 12.6. The molecule has 0 unspecified atom stereocenters. The van der Waals surface area contributed by atoms with Crippen LogP contribution in [0.3, 0.4) is 0 Å². The standard InChI is InChI=1S/C31H26ClN5O2/c32-26-11-13-31(38)37(21-26)30-12-9-24(19-35-30)15-27-20-34-29(36-27)17-23-8-10-25(18-33)28(16-23)39-14-4-7-22-5-2-1-3-6-22/h1-3,5-6,8-13,16,19-21H,4,7,14-15,17H2,(H,34,36). The number of hydrogen-bond donors (Lipinski definition) is 1. The minimum Gasteiger partial charge on any atom is -0.492 e. The van der Waals surface area contributed by atoms with Crippen LogP contribution in [0.1, 0.15) is 40.2 Å². The molecule has 0 aliphatic heterocycles. The molecule has 0 aliphatic carbocycles. The number of nitriles is 1. The first-order chi connectivity index (χ1) is 19.1. The van der Waals surface area contributed by atoms with Crippen LogP contribution in [0.4, 0.5) is 0 Å². The number of halogens is 1. The molecule has 0 saturated carbocycles. The summed E-state index contributed by atoms with van der Waals surface area (Å²) in [6.07, 6.45) is 8.11. The van der Waals surface area contributed by atoms with Gasteiger partial charge in [0.15, 0.2) is 0 Å². The second-order valence-electron chi connectivity index (χ2n) is 9.17. The van der Waals surface area contributed by atoms with E-state index < -0.39 is 0 Å². The van der Waals surface area contributed by atoms with Crippen molar-refractivity contribution >= 4 is 11.6 Å². The molecule has 39 heavy (non-hydrogen) atoms. The van der Waals surface area contributed by atoms with Gasteiger partial charge in [-0.05, 0) is 53.8 Å². The van der Waals surface area contributed by atoms with Gasteiger partial charge < -0.3 is 9.72 Å². The second-order valence-corrected chi connectivity index (χ2v) is 9.61. The summed E-state index contributed by atoms with van der Waals surface area (Å²) in [5.74, 6) is 1.93. The van der Waals surface area contributed by atoms with Crippen LogP contribution in [0.15, 0.2) is 96.2 Å². The summed E-state index contributed by atoms with van der Waals surface area (Å²) in [7, 11) is 0. The number of aryl methyl sites for hydroxylation is 1. The predicted molar refractivity (Wildman–Crippen MR) is 150 cm³/mol. The van der Waals surface area contributed by atoms with Crippen molar-refractivity contribution in [3.05, 3.63) is 141 Å². The molecule has 3 heterocycles. The summed E-state index contributed by atoms with van der Waals surface area (Å²) in [5.41, 5.74) is 4.54. The van der Waals surface area contributed by atoms with Crippen molar-refractivity contribution in [2.24, 2.45) is 0 Å². The van der Waals surface area contributed by atoms with Crippen LogP contribution in [-0.4, -0.2) is 26.1 Å². The largest absolute Gasteiger partial charge is 0.492 e. The smallest absolute Gasteiger partial charge is 0.256 e. The minimum absolute atomic E-state index is 0.193. The molecule has 1 N–H and O–H groups in total. The maximum absolute atomic E-state index is 12.1. The van der Waals surface area contributed by atoms with Crippen molar-refractivity contribution in [1.82, 2.24) is 19.5 Å². The molecule has 7 nitrogen and oxygen atoms in total. The average molecular weight is 536 g/mol. The fraction of sp³-hybridized carbons (Fsp3) is 0.161. The molecule has 0 radical (unpaired) electrons. The van der Waals surface area contributed by atoms with Crippen LogP contribution < -0.4 is 10.3 Å². The lowest BCUT2D eigenvalue weighted by molar-refractivity contribution is 0.310. The average Bonchev–Trinajstić information content (AvgIpc) is 3.40. The molecular formula is C31H26ClN5O2. The van der Waals surface area contributed by atoms with Gasteiger partial charge in [0.25, 0.3) is 5.56 Å². The zero-order valence-corrected chi connectivity index (χ0v) is 21.9. The zero-order valence-electron chi connectivity index (χ0n) is 21.2. The fourth-order valence-electron chi connectivity index (χ4n) is 4.29. The lowest BCUT2D eigenvalue weighted by Crippen LogP contribution is -2.17. The summed E-state index contributed by atoms with van der Waals surface area (Å²) in [6, 6.07) is 24.8. The van der Waals surface area contributed by atoms with Gasteiger partial charge in [-0.15, -0.1) is 0 Å². The molecule has 194 valence electrons. The topological polar surface area (TPSA) is 96.6 Å². The van der Waals surface area contributed by atoms with E-state index >= 15 is 0 Å². The third kappa shape index (κ3) is 6.81. The van der Waals surface area contributed by atoms with E-state index in [1.54, 1.807) is 30.6 Å². The van der Waals surface area contributed by atoms with Crippen LogP contribution in [0.2, 0.25) is 5.02 Å². The molecule has 8 heteroatoms. The Labute approximate surface area is 231 Å². The van der Waals surface area contributed by atoms with Gasteiger partial charge in [-0.3, -0.25) is 9.36 Å². The lowest BCUT2D eigenvalue weighted by atomic mass is 10.1. The Morgan fingerprint density at radius 1 is 0.923 bits per heavy atom. The highest BCUT2D eigenvalue weighted by molar-refractivity contribution is 6.30. The highest BCUT2D eigenvalue weighted by atomic mass is 35.5. The molecule has 3 aromatic heterocycles. The minimum atomic E-state index is -0.193. The zero-order chi connectivity index (χ0) is 27.0. The monoisotopic (exact) mass is 535 g/mol. The van der Waals surface area contributed by atoms with Crippen LogP contribution in [0.5, 0.6) is 5.75 Å². The van der Waals surface area contributed by atoms with E-state index in [9.17, 15) is 10.1 Å². The summed E-state index contributed by atoms with van der Waals surface area (Å²) < 4.78 is 7.40. The van der Waals surface area contributed by atoms with Gasteiger partial charge in [0.1, 0.15) is 23.5 Å². The molecule has 0 saturated heterocycles. The maximum atomic E-state index is 12.1. The number of pyridine rings is 2. The Kier molecular flexibility index (Phi) is 8.15. The van der Waals surface area contributed by atoms with E-state index in [0.29, 0.717) is 41.6 Å². The Bertz CT molecular complexity index is 1650. The van der Waals surface area contributed by atoms with E-state index in [1.165, 1.54) is 16.2 Å². The number of imidazole rings is 1. The SMILES string of the molecule is N#Cc1ccc(Cc2ncc(Cc3ccc(-n4cc(Cl)ccc4=O)nc3)[nH]2)cc1OCCCc1ccccc1. The number of nitrogens with one attached hydrogen (secondary N) is 1. The van der Waals surface area contributed by atoms with Gasteiger partial charge in [-0.25, -0.2) is 9.97 Å². The Hall–Kier alpha value is -4.67. The van der Waals surface area contributed by atoms with E-state index in [4.69, 9.17) is 16.3 Å². The molecular weight excluding hydrogens is 510 g/mol. The van der Waals surface area contributed by atoms with Gasteiger partial charge in [0, 0.05) is 43.2 Å². The summed E-state index contributed by atoms with van der Waals surface area (Å²) in [4.78, 5) is 24.4. The van der Waals surface area contributed by atoms with Crippen LogP contribution in [0.25, 0.3) is 5.82 Å². The van der Waals surface area contributed by atoms with E-state index in [1.807, 2.05) is 42.6 Å². The van der Waals surface area contributed by atoms with Crippen molar-refractivity contribution in [2.45, 2.75) is 25.7 Å². The van der Waals surface area contributed by atoms with E-state index in [-0.39, 0.29) is 5.56 Å². The van der Waals surface area contributed by atoms with Crippen molar-refractivity contribution < 1.29 is 4.74 Å². The number of benzene rings is 2. The fourth-order valence-corrected chi connectivity index (χ4v) is 4.45. The van der Waals surface area contributed by atoms with Crippen molar-refractivity contribution in [1.29, 1.82) is 5.26 Å². The van der Waals surface area contributed by atoms with Crippen molar-refractivity contribution in [3.8, 4) is 17.6 Å². The number of aromatic nitrogens is 4. The maximum Gasteiger partial charge on any atom is 0.256 e. The van der Waals surface area contributed by atoms with Gasteiger partial charge in [0.2, 0.25) is 0 Å². The molecule has 0 fully saturated rings. The summed E-state index contributed by atoms with van der Waals surface area (Å²) in [5, 5.41) is 9.98. The number of nitrogens with zero attached hydrogens (tertiary/aromatic N) is 4. The summed E-state index contributed by atoms with van der Waals surface area (Å²) >= 11 is 6.02. The second kappa shape index (κ2) is 12.2. The first-order valence-corrected chi connectivity index (χ1v) is 13.0. The number of H-pyrrole nitrogens is 1. The number of hydrogen-bond acceptors (Lipinski definition) is 5. The number of rotatable bonds is 10. The third-order valence-corrected chi connectivity index (χ3v) is 6.48. The number of ether oxygens (including phenoxy) is 1. The lowest BCUT2D eigenvalue weighted by Gasteiger charge is -2.10. The highest BCUT2D eigenvalue weighted by Gasteiger charge is 2.09. The van der Waals surface area contributed by atoms with Crippen LogP contribution in [-0.2, 0) is 19.3 Å². The molecule has 5 rings (SSSR count). The van der Waals surface area contributed by atoms with Crippen LogP contribution >= 0.6 is 11.6 Å². The summed E-state index contributed by atoms with van der Waals surface area (Å²) in [6.45, 7) is 0.538. The Balaban J connectivity index is 1.20. The molecule has 0 bridgehead atoms. The van der Waals surface area contributed by atoms with Gasteiger partial charge in [0.05, 0.1) is 17.2 Å². The Morgan fingerprint density at radius 3 is 2.56 bits per heavy atom. The Morgan fingerprint density at radius 2 is 1.77 bits per heavy atom. The molecule has 0 atom stereocenters. The molecule has 0 amide bonds. The normalized spacial score (nSPS) is 10.8. The van der Waals surface area contributed by atoms with Gasteiger partial charge >= 0.3 is 0 Å². The molecule has 5 aromatic rings. The van der Waals surface area contributed by atoms with Crippen molar-refractivity contribution in [2.75, 3.05) is 6.61 Å². The molecule has 2 aromatic carbocycles. The van der Waals surface area contributed by atoms with Gasteiger partial charge in [-0.2, -0.15) is 5.26 Å². The number of aromatic amines is 1. The molecule has 0 spiro atoms. The highest BCUT2D eigenvalue weighted by Crippen LogP contribution is 2.22. The van der Waals surface area contributed by atoms with E-state index in [2.05, 4.69) is 33.2 Å². The van der Waals surface area contributed by atoms with Crippen molar-refractivity contribution in [3.63, 3.8) is 0 Å². The predicted octanol–water partition coefficient (Wildman–Crippen LogP) is 5.67. The van der Waals surface area contributed by atoms with Gasteiger partial charge in [-0.1, -0.05) is 54.1 Å². The quantitative estimate of drug-likeness (QED) is 0.232. The van der Waals surface area contributed by atoms with Crippen LogP contribution in [0, 0.1) is 11.3 Å². The third-order valence-electron chi connectivity index (χ3n) is 6.25. The first kappa shape index (κ1) is 26.0.